The molecule has 0 N–H and O–H groups in total. The van der Waals surface area contributed by atoms with Crippen LogP contribution >= 0.6 is 34.9 Å². The van der Waals surface area contributed by atoms with Gasteiger partial charge in [-0.2, -0.15) is 5.26 Å². The summed E-state index contributed by atoms with van der Waals surface area (Å²) in [6.07, 6.45) is 0. The zero-order chi connectivity index (χ0) is 45.6. The Balaban J connectivity index is 0.942. The summed E-state index contributed by atoms with van der Waals surface area (Å²) in [5.74, 6) is 0. The summed E-state index contributed by atoms with van der Waals surface area (Å²) in [4.78, 5) is 9.63. The van der Waals surface area contributed by atoms with Crippen LogP contribution < -0.4 is 26.2 Å². The van der Waals surface area contributed by atoms with Crippen LogP contribution in [0.3, 0.4) is 0 Å². The Morgan fingerprint density at radius 3 is 1.55 bits per heavy atom. The highest BCUT2D eigenvalue weighted by Gasteiger charge is 2.39. The summed E-state index contributed by atoms with van der Waals surface area (Å²) in [5.41, 5.74) is 15.1. The maximum Gasteiger partial charge on any atom is 0.247 e. The van der Waals surface area contributed by atoms with E-state index in [9.17, 15) is 5.26 Å². The van der Waals surface area contributed by atoms with Crippen molar-refractivity contribution >= 4 is 134 Å². The third-order valence-corrected chi connectivity index (χ3v) is 17.0. The Morgan fingerprint density at radius 2 is 0.957 bits per heavy atom. The number of nitriles is 1. The number of hydrogen-bond donors (Lipinski definition) is 0. The van der Waals surface area contributed by atoms with Crippen LogP contribution in [0.15, 0.2) is 242 Å². The minimum atomic E-state index is 0.0299. The zero-order valence-corrected chi connectivity index (χ0v) is 39.3. The Bertz CT molecular complexity index is 4010. The van der Waals surface area contributed by atoms with E-state index in [-0.39, 0.29) is 6.71 Å². The number of anilines is 6. The summed E-state index contributed by atoms with van der Waals surface area (Å²) in [6, 6.07) is 80.6. The van der Waals surface area contributed by atoms with Crippen LogP contribution in [-0.4, -0.2) is 6.71 Å². The monoisotopic (exact) mass is 933 g/mol. The molecule has 2 aliphatic heterocycles. The van der Waals surface area contributed by atoms with Crippen LogP contribution in [0.25, 0.3) is 53.2 Å². The first kappa shape index (κ1) is 40.2. The summed E-state index contributed by atoms with van der Waals surface area (Å²) in [5, 5.41) is 14.5. The van der Waals surface area contributed by atoms with Crippen molar-refractivity contribution in [3.63, 3.8) is 0 Å². The van der Waals surface area contributed by atoms with Crippen molar-refractivity contribution < 1.29 is 4.42 Å². The molecular formula is C61H36BN3OS3. The van der Waals surface area contributed by atoms with Gasteiger partial charge in [-0.05, 0) is 144 Å². The molecule has 0 fully saturated rings. The Labute approximate surface area is 411 Å². The van der Waals surface area contributed by atoms with Crippen LogP contribution in [0.1, 0.15) is 5.56 Å². The lowest BCUT2D eigenvalue weighted by molar-refractivity contribution is 0.669. The molecule has 69 heavy (non-hydrogen) atoms. The molecule has 322 valence electrons. The van der Waals surface area contributed by atoms with E-state index in [0.29, 0.717) is 5.56 Å². The molecule has 0 bridgehead atoms. The number of furan rings is 1. The quantitative estimate of drug-likeness (QED) is 0.148. The molecule has 12 aromatic rings. The van der Waals surface area contributed by atoms with Gasteiger partial charge in [-0.1, -0.05) is 125 Å². The molecule has 2 aromatic heterocycles. The predicted molar refractivity (Wildman–Crippen MR) is 292 cm³/mol. The lowest BCUT2D eigenvalue weighted by atomic mass is 9.36. The Kier molecular flexibility index (Phi) is 9.38. The van der Waals surface area contributed by atoms with Crippen LogP contribution in [0.5, 0.6) is 0 Å². The van der Waals surface area contributed by atoms with Crippen LogP contribution in [-0.2, 0) is 0 Å². The fraction of sp³-hybridized carbons (Fsp3) is 0. The summed E-state index contributed by atoms with van der Waals surface area (Å²) < 4.78 is 9.30. The highest BCUT2D eigenvalue weighted by atomic mass is 32.2. The molecule has 0 amide bonds. The maximum atomic E-state index is 9.66. The lowest BCUT2D eigenvalue weighted by Crippen LogP contribution is -2.58. The van der Waals surface area contributed by atoms with Crippen molar-refractivity contribution in [1.29, 1.82) is 5.26 Å². The standard InChI is InChI=1S/C61H36BN3OS3/c63-37-38-20-23-44(24-21-38)65(43-16-8-3-9-17-43)46-26-29-50-56(36-46)69-58-34-40(39-22-27-47-52(32-39)66-51-30-31-54-60(59(47)51)48-18-10-11-19-53(48)67-54)33-57-61(58)62(50)49-28-25-45(35-55(49)68-57)64(41-12-4-1-5-13-41)42-14-6-2-7-15-42/h1-36H. The van der Waals surface area contributed by atoms with E-state index in [4.69, 9.17) is 4.42 Å². The number of fused-ring (bicyclic) bond motifs is 11. The number of nitrogens with zero attached hydrogens (tertiary/aromatic N) is 3. The fourth-order valence-electron chi connectivity index (χ4n) is 10.5. The van der Waals surface area contributed by atoms with Crippen LogP contribution in [0.2, 0.25) is 0 Å². The number of benzene rings is 10. The van der Waals surface area contributed by atoms with Crippen molar-refractivity contribution in [1.82, 2.24) is 0 Å². The number of thiophene rings is 1. The number of hydrogen-bond acceptors (Lipinski definition) is 7. The molecule has 0 atom stereocenters. The lowest BCUT2D eigenvalue weighted by Gasteiger charge is -2.35. The molecule has 0 spiro atoms. The van der Waals surface area contributed by atoms with E-state index >= 15 is 0 Å². The Hall–Kier alpha value is -7.93. The first-order valence-electron chi connectivity index (χ1n) is 23.0. The zero-order valence-electron chi connectivity index (χ0n) is 36.8. The molecule has 0 radical (unpaired) electrons. The first-order chi connectivity index (χ1) is 34.1. The summed E-state index contributed by atoms with van der Waals surface area (Å²) in [7, 11) is 0. The van der Waals surface area contributed by atoms with Gasteiger partial charge in [0.1, 0.15) is 11.2 Å². The van der Waals surface area contributed by atoms with Gasteiger partial charge in [-0.3, -0.25) is 0 Å². The normalized spacial score (nSPS) is 12.5. The van der Waals surface area contributed by atoms with Crippen LogP contribution in [0, 0.1) is 11.3 Å². The van der Waals surface area contributed by atoms with Crippen LogP contribution in [0.4, 0.5) is 34.1 Å². The van der Waals surface area contributed by atoms with Crippen molar-refractivity contribution in [2.45, 2.75) is 19.6 Å². The largest absolute Gasteiger partial charge is 0.456 e. The molecule has 10 aromatic carbocycles. The predicted octanol–water partition coefficient (Wildman–Crippen LogP) is 15.9. The SMILES string of the molecule is N#Cc1ccc(N(c2ccccc2)c2ccc3c(c2)Sc2cc(-c4ccc5c(c4)oc4ccc6sc7ccccc7c6c45)cc4c2B3c2ccc(N(c3ccccc3)c3ccccc3)cc2S4)cc1. The molecule has 0 saturated heterocycles. The van der Waals surface area contributed by atoms with Gasteiger partial charge in [-0.25, -0.2) is 0 Å². The van der Waals surface area contributed by atoms with E-state index < -0.39 is 0 Å². The summed E-state index contributed by atoms with van der Waals surface area (Å²) in [6.45, 7) is 0.0299. The van der Waals surface area contributed by atoms with Crippen molar-refractivity contribution in [3.8, 4) is 17.2 Å². The highest BCUT2D eigenvalue weighted by molar-refractivity contribution is 8.01. The average Bonchev–Trinajstić information content (AvgIpc) is 3.97. The topological polar surface area (TPSA) is 43.4 Å². The second-order valence-corrected chi connectivity index (χ2v) is 20.8. The van der Waals surface area contributed by atoms with Crippen molar-refractivity contribution in [2.24, 2.45) is 0 Å². The number of rotatable bonds is 7. The molecule has 0 aliphatic carbocycles. The Morgan fingerprint density at radius 1 is 0.406 bits per heavy atom. The van der Waals surface area contributed by atoms with Gasteiger partial charge < -0.3 is 14.2 Å². The fourth-order valence-corrected chi connectivity index (χ4v) is 14.2. The number of para-hydroxylation sites is 3. The van der Waals surface area contributed by atoms with E-state index in [1.807, 2.05) is 65.2 Å². The molecule has 8 heteroatoms. The molecule has 0 saturated carbocycles. The van der Waals surface area contributed by atoms with Gasteiger partial charge in [0.15, 0.2) is 0 Å². The van der Waals surface area contributed by atoms with E-state index in [1.165, 1.54) is 61.5 Å². The summed E-state index contributed by atoms with van der Waals surface area (Å²) >= 11 is 5.58. The second-order valence-electron chi connectivity index (χ2n) is 17.5. The van der Waals surface area contributed by atoms with E-state index in [1.54, 1.807) is 0 Å². The smallest absolute Gasteiger partial charge is 0.247 e. The maximum absolute atomic E-state index is 9.66. The van der Waals surface area contributed by atoms with Gasteiger partial charge in [0.05, 0.1) is 11.6 Å². The molecule has 4 nitrogen and oxygen atoms in total. The van der Waals surface area contributed by atoms with Gasteiger partial charge in [0, 0.05) is 84.7 Å². The molecule has 0 unspecified atom stereocenters. The van der Waals surface area contributed by atoms with Gasteiger partial charge >= 0.3 is 0 Å². The first-order valence-corrected chi connectivity index (χ1v) is 25.4. The highest BCUT2D eigenvalue weighted by Crippen LogP contribution is 2.47. The van der Waals surface area contributed by atoms with Crippen molar-refractivity contribution in [3.05, 3.63) is 224 Å². The average molecular weight is 934 g/mol. The van der Waals surface area contributed by atoms with E-state index in [2.05, 4.69) is 204 Å². The third kappa shape index (κ3) is 6.61. The molecule has 14 rings (SSSR count). The van der Waals surface area contributed by atoms with Gasteiger partial charge in [-0.15, -0.1) is 11.3 Å². The molecule has 2 aliphatic rings. The molecule has 4 heterocycles. The van der Waals surface area contributed by atoms with Gasteiger partial charge in [0.2, 0.25) is 6.71 Å². The minimum Gasteiger partial charge on any atom is -0.456 e. The third-order valence-electron chi connectivity index (χ3n) is 13.6. The molecular weight excluding hydrogens is 898 g/mol. The van der Waals surface area contributed by atoms with E-state index in [0.717, 1.165) is 61.8 Å². The van der Waals surface area contributed by atoms with Crippen molar-refractivity contribution in [2.75, 3.05) is 9.80 Å². The second kappa shape index (κ2) is 16.1. The van der Waals surface area contributed by atoms with Gasteiger partial charge in [0.25, 0.3) is 0 Å². The minimum absolute atomic E-state index is 0.0299.